The summed E-state index contributed by atoms with van der Waals surface area (Å²) in [5, 5.41) is 6.78. The molecule has 1 aliphatic carbocycles. The average Bonchev–Trinajstić information content (AvgIpc) is 3.41. The Morgan fingerprint density at radius 3 is 2.70 bits per heavy atom. The number of hydrogen-bond donors (Lipinski definition) is 2. The second-order valence-electron chi connectivity index (χ2n) is 8.68. The number of carbonyl (C=O) groups excluding carboxylic acids is 1. The molecule has 0 radical (unpaired) electrons. The van der Waals surface area contributed by atoms with Crippen LogP contribution in [0.3, 0.4) is 0 Å². The molecule has 1 amide bonds. The zero-order chi connectivity index (χ0) is 21.6. The fourth-order valence-corrected chi connectivity index (χ4v) is 4.35. The van der Waals surface area contributed by atoms with Crippen molar-refractivity contribution in [2.24, 2.45) is 10.4 Å². The summed E-state index contributed by atoms with van der Waals surface area (Å²) in [4.78, 5) is 18.9. The van der Waals surface area contributed by atoms with E-state index >= 15 is 0 Å². The zero-order valence-electron chi connectivity index (χ0n) is 18.8. The third kappa shape index (κ3) is 5.45. The first-order valence-electron chi connectivity index (χ1n) is 10.9. The summed E-state index contributed by atoms with van der Waals surface area (Å²) in [5.74, 6) is 1.79. The largest absolute Gasteiger partial charge is 0.488 e. The molecule has 1 atom stereocenters. The molecule has 0 aromatic heterocycles. The highest BCUT2D eigenvalue weighted by Crippen LogP contribution is 2.38. The lowest BCUT2D eigenvalue weighted by Gasteiger charge is -2.31. The van der Waals surface area contributed by atoms with Gasteiger partial charge < -0.3 is 25.0 Å². The van der Waals surface area contributed by atoms with Crippen LogP contribution in [0.5, 0.6) is 5.75 Å². The van der Waals surface area contributed by atoms with Crippen molar-refractivity contribution in [1.82, 2.24) is 15.5 Å². The predicted molar refractivity (Wildman–Crippen MR) is 119 cm³/mol. The van der Waals surface area contributed by atoms with E-state index in [2.05, 4.69) is 40.7 Å². The number of nitrogens with one attached hydrogen (secondary N) is 2. The molecule has 2 fully saturated rings. The molecule has 0 bridgehead atoms. The summed E-state index contributed by atoms with van der Waals surface area (Å²) < 4.78 is 11.6. The van der Waals surface area contributed by atoms with Crippen LogP contribution in [-0.4, -0.2) is 63.8 Å². The summed E-state index contributed by atoms with van der Waals surface area (Å²) in [6.45, 7) is 4.66. The average molecular weight is 417 g/mol. The lowest BCUT2D eigenvalue weighted by atomic mass is 9.84. The lowest BCUT2D eigenvalue weighted by molar-refractivity contribution is -0.138. The van der Waals surface area contributed by atoms with Gasteiger partial charge in [-0.1, -0.05) is 25.0 Å². The molecular formula is C23H36N4O3. The highest BCUT2D eigenvalue weighted by molar-refractivity contribution is 5.85. The fourth-order valence-electron chi connectivity index (χ4n) is 4.35. The molecule has 3 rings (SSSR count). The van der Waals surface area contributed by atoms with E-state index in [4.69, 9.17) is 9.47 Å². The maximum atomic E-state index is 12.8. The first-order valence-corrected chi connectivity index (χ1v) is 10.9. The van der Waals surface area contributed by atoms with E-state index in [1.54, 1.807) is 11.9 Å². The Morgan fingerprint density at radius 2 is 2.07 bits per heavy atom. The van der Waals surface area contributed by atoms with Crippen molar-refractivity contribution in [3.05, 3.63) is 29.3 Å². The normalized spacial score (nSPS) is 20.8. The van der Waals surface area contributed by atoms with Gasteiger partial charge in [-0.15, -0.1) is 0 Å². The molecule has 30 heavy (non-hydrogen) atoms. The quantitative estimate of drug-likeness (QED) is 0.528. The van der Waals surface area contributed by atoms with E-state index in [0.717, 1.165) is 50.0 Å². The number of aryl methyl sites for hydroxylation is 1. The molecule has 1 saturated carbocycles. The van der Waals surface area contributed by atoms with Gasteiger partial charge in [0.25, 0.3) is 0 Å². The van der Waals surface area contributed by atoms with Crippen LogP contribution in [0.15, 0.2) is 23.2 Å². The van der Waals surface area contributed by atoms with Gasteiger partial charge in [0, 0.05) is 46.2 Å². The van der Waals surface area contributed by atoms with Crippen LogP contribution in [0, 0.1) is 12.3 Å². The molecule has 7 nitrogen and oxygen atoms in total. The summed E-state index contributed by atoms with van der Waals surface area (Å²) in [5.41, 5.74) is 1.91. The molecule has 7 heteroatoms. The first kappa shape index (κ1) is 22.4. The highest BCUT2D eigenvalue weighted by Gasteiger charge is 2.42. The number of nitrogens with zero attached hydrogens (tertiary/aromatic N) is 2. The van der Waals surface area contributed by atoms with Crippen molar-refractivity contribution in [3.8, 4) is 5.75 Å². The van der Waals surface area contributed by atoms with E-state index in [1.165, 1.54) is 5.56 Å². The van der Waals surface area contributed by atoms with Crippen molar-refractivity contribution in [3.63, 3.8) is 0 Å². The van der Waals surface area contributed by atoms with E-state index < -0.39 is 0 Å². The van der Waals surface area contributed by atoms with Crippen molar-refractivity contribution in [1.29, 1.82) is 0 Å². The molecular weight excluding hydrogens is 380 g/mol. The first-order chi connectivity index (χ1) is 14.4. The Morgan fingerprint density at radius 1 is 1.30 bits per heavy atom. The number of carbonyl (C=O) groups is 1. The molecule has 2 N–H and O–H groups in total. The maximum Gasteiger partial charge on any atom is 0.230 e. The molecule has 2 aliphatic rings. The SMILES string of the molecule is CN=C(NCc1ccc(C)cc1OC1CCOC1)NCC1(C(=O)N(C)C)CCCC1. The van der Waals surface area contributed by atoms with E-state index in [-0.39, 0.29) is 17.4 Å². The minimum absolute atomic E-state index is 0.113. The number of amides is 1. The molecule has 1 unspecified atom stereocenters. The third-order valence-electron chi connectivity index (χ3n) is 6.09. The van der Waals surface area contributed by atoms with Gasteiger partial charge in [0.05, 0.1) is 18.6 Å². The van der Waals surface area contributed by atoms with Gasteiger partial charge in [-0.05, 0) is 31.4 Å². The van der Waals surface area contributed by atoms with Crippen LogP contribution in [-0.2, 0) is 16.1 Å². The van der Waals surface area contributed by atoms with Gasteiger partial charge in [0.15, 0.2) is 5.96 Å². The highest BCUT2D eigenvalue weighted by atomic mass is 16.5. The van der Waals surface area contributed by atoms with Crippen molar-refractivity contribution in [2.75, 3.05) is 40.9 Å². The molecule has 1 aromatic carbocycles. The number of ether oxygens (including phenoxy) is 2. The zero-order valence-corrected chi connectivity index (χ0v) is 18.8. The van der Waals surface area contributed by atoms with Crippen molar-refractivity contribution < 1.29 is 14.3 Å². The number of rotatable bonds is 7. The Labute approximate surface area is 180 Å². The smallest absolute Gasteiger partial charge is 0.230 e. The lowest BCUT2D eigenvalue weighted by Crippen LogP contribution is -2.49. The van der Waals surface area contributed by atoms with Gasteiger partial charge in [0.2, 0.25) is 5.91 Å². The van der Waals surface area contributed by atoms with Crippen LogP contribution in [0.25, 0.3) is 0 Å². The number of hydrogen-bond acceptors (Lipinski definition) is 4. The molecule has 0 spiro atoms. The van der Waals surface area contributed by atoms with Crippen LogP contribution < -0.4 is 15.4 Å². The van der Waals surface area contributed by atoms with Crippen LogP contribution in [0.1, 0.15) is 43.2 Å². The topological polar surface area (TPSA) is 75.2 Å². The van der Waals surface area contributed by atoms with E-state index in [9.17, 15) is 4.79 Å². The standard InChI is InChI=1S/C23H36N4O3/c1-17-7-8-18(20(13-17)30-19-9-12-29-15-19)14-25-22(24-2)26-16-23(10-5-6-11-23)21(28)27(3)4/h7-8,13,19H,5-6,9-12,14-16H2,1-4H3,(H2,24,25,26). The minimum atomic E-state index is -0.332. The van der Waals surface area contributed by atoms with Gasteiger partial charge in [-0.3, -0.25) is 9.79 Å². The van der Waals surface area contributed by atoms with Gasteiger partial charge in [-0.2, -0.15) is 0 Å². The molecule has 166 valence electrons. The van der Waals surface area contributed by atoms with Gasteiger partial charge in [0.1, 0.15) is 11.9 Å². The van der Waals surface area contributed by atoms with E-state index in [0.29, 0.717) is 25.7 Å². The summed E-state index contributed by atoms with van der Waals surface area (Å²) in [6, 6.07) is 6.26. The van der Waals surface area contributed by atoms with Gasteiger partial charge >= 0.3 is 0 Å². The van der Waals surface area contributed by atoms with Crippen molar-refractivity contribution in [2.45, 2.75) is 51.7 Å². The Balaban J connectivity index is 1.61. The predicted octanol–water partition coefficient (Wildman–Crippen LogP) is 2.48. The second kappa shape index (κ2) is 10.2. The van der Waals surface area contributed by atoms with Crippen LogP contribution in [0.4, 0.5) is 0 Å². The minimum Gasteiger partial charge on any atom is -0.488 e. The fraction of sp³-hybridized carbons (Fsp3) is 0.652. The Kier molecular flexibility index (Phi) is 7.58. The van der Waals surface area contributed by atoms with E-state index in [1.807, 2.05) is 14.1 Å². The number of guanidine groups is 1. The summed E-state index contributed by atoms with van der Waals surface area (Å²) >= 11 is 0. The molecule has 1 saturated heterocycles. The van der Waals surface area contributed by atoms with Gasteiger partial charge in [-0.25, -0.2) is 0 Å². The van der Waals surface area contributed by atoms with Crippen molar-refractivity contribution >= 4 is 11.9 Å². The Bertz CT molecular complexity index is 751. The molecule has 1 aliphatic heterocycles. The monoisotopic (exact) mass is 416 g/mol. The Hall–Kier alpha value is -2.28. The number of aliphatic imine (C=N–C) groups is 1. The summed E-state index contributed by atoms with van der Waals surface area (Å²) in [7, 11) is 5.43. The van der Waals surface area contributed by atoms with Crippen LogP contribution in [0.2, 0.25) is 0 Å². The third-order valence-corrected chi connectivity index (χ3v) is 6.09. The second-order valence-corrected chi connectivity index (χ2v) is 8.68. The summed E-state index contributed by atoms with van der Waals surface area (Å²) in [6.07, 6.45) is 5.08. The number of benzene rings is 1. The molecule has 1 heterocycles. The maximum absolute atomic E-state index is 12.8. The molecule has 1 aromatic rings. The van der Waals surface area contributed by atoms with Crippen LogP contribution >= 0.6 is 0 Å².